The zero-order valence-corrected chi connectivity index (χ0v) is 13.2. The van der Waals surface area contributed by atoms with Gasteiger partial charge in [-0.2, -0.15) is 0 Å². The highest BCUT2D eigenvalue weighted by Crippen LogP contribution is 2.31. The smallest absolute Gasteiger partial charge is 0.137 e. The highest BCUT2D eigenvalue weighted by molar-refractivity contribution is 7.15. The van der Waals surface area contributed by atoms with Crippen molar-refractivity contribution in [1.29, 1.82) is 0 Å². The number of hydrogen-bond donors (Lipinski definition) is 2. The summed E-state index contributed by atoms with van der Waals surface area (Å²) >= 11 is 1.72. The van der Waals surface area contributed by atoms with Gasteiger partial charge in [-0.25, -0.2) is 9.97 Å². The first-order valence-corrected chi connectivity index (χ1v) is 7.90. The molecule has 0 aliphatic carbocycles. The summed E-state index contributed by atoms with van der Waals surface area (Å²) in [6, 6.07) is 10.4. The molecule has 5 nitrogen and oxygen atoms in total. The lowest BCUT2D eigenvalue weighted by Crippen LogP contribution is -2.09. The van der Waals surface area contributed by atoms with Crippen molar-refractivity contribution in [2.75, 3.05) is 25.6 Å². The summed E-state index contributed by atoms with van der Waals surface area (Å²) in [7, 11) is 1.68. The zero-order valence-electron chi connectivity index (χ0n) is 12.4. The van der Waals surface area contributed by atoms with Crippen LogP contribution in [0.15, 0.2) is 36.7 Å². The van der Waals surface area contributed by atoms with Crippen LogP contribution in [0.1, 0.15) is 4.88 Å². The number of benzene rings is 1. The largest absolute Gasteiger partial charge is 0.383 e. The summed E-state index contributed by atoms with van der Waals surface area (Å²) in [6.45, 7) is 1.92. The Bertz CT molecular complexity index is 772. The highest BCUT2D eigenvalue weighted by Gasteiger charge is 2.07. The molecule has 0 fully saturated rings. The Morgan fingerprint density at radius 1 is 1.23 bits per heavy atom. The van der Waals surface area contributed by atoms with Gasteiger partial charge in [0.05, 0.1) is 12.1 Å². The number of ether oxygens (including phenoxy) is 1. The van der Waals surface area contributed by atoms with E-state index in [2.05, 4.69) is 39.6 Å². The van der Waals surface area contributed by atoms with Crippen LogP contribution in [0, 0.1) is 0 Å². The van der Waals surface area contributed by atoms with Gasteiger partial charge < -0.3 is 15.8 Å². The van der Waals surface area contributed by atoms with Gasteiger partial charge in [-0.1, -0.05) is 6.07 Å². The first kappa shape index (κ1) is 14.9. The lowest BCUT2D eigenvalue weighted by atomic mass is 10.1. The third-order valence-electron chi connectivity index (χ3n) is 3.38. The second-order valence-corrected chi connectivity index (χ2v) is 6.01. The molecule has 3 N–H and O–H groups in total. The lowest BCUT2D eigenvalue weighted by molar-refractivity contribution is 0.210. The minimum atomic E-state index is 0.575. The van der Waals surface area contributed by atoms with Crippen molar-refractivity contribution in [1.82, 2.24) is 9.97 Å². The van der Waals surface area contributed by atoms with Crippen LogP contribution >= 0.6 is 11.3 Å². The number of fused-ring (bicyclic) bond motifs is 1. The van der Waals surface area contributed by atoms with Crippen LogP contribution in [0.4, 0.5) is 5.82 Å². The van der Waals surface area contributed by atoms with Crippen molar-refractivity contribution >= 4 is 28.1 Å². The van der Waals surface area contributed by atoms with Gasteiger partial charge in [-0.05, 0) is 29.8 Å². The molecule has 0 saturated heterocycles. The Morgan fingerprint density at radius 2 is 2.14 bits per heavy atom. The molecule has 3 rings (SSSR count). The summed E-state index contributed by atoms with van der Waals surface area (Å²) in [5, 5.41) is 4.30. The van der Waals surface area contributed by atoms with E-state index in [0.29, 0.717) is 19.7 Å². The van der Waals surface area contributed by atoms with Crippen LogP contribution in [0.2, 0.25) is 0 Å². The van der Waals surface area contributed by atoms with Gasteiger partial charge in [0.15, 0.2) is 0 Å². The maximum absolute atomic E-state index is 5.69. The van der Waals surface area contributed by atoms with Crippen molar-refractivity contribution in [2.45, 2.75) is 6.54 Å². The number of methoxy groups -OCH3 is 1. The average molecular weight is 314 g/mol. The van der Waals surface area contributed by atoms with Crippen molar-refractivity contribution in [2.24, 2.45) is 5.73 Å². The molecule has 0 spiro atoms. The second kappa shape index (κ2) is 6.83. The van der Waals surface area contributed by atoms with Gasteiger partial charge in [0.25, 0.3) is 0 Å². The predicted octanol–water partition coefficient (Wildman–Crippen LogP) is 2.88. The normalized spacial score (nSPS) is 11.0. The number of thiophene rings is 1. The van der Waals surface area contributed by atoms with Crippen LogP contribution in [-0.4, -0.2) is 30.2 Å². The third kappa shape index (κ3) is 3.09. The number of nitrogens with one attached hydrogen (secondary N) is 1. The number of rotatable bonds is 6. The van der Waals surface area contributed by atoms with Crippen molar-refractivity contribution < 1.29 is 4.74 Å². The molecule has 6 heteroatoms. The average Bonchev–Trinajstić information content (AvgIpc) is 3.04. The molecule has 2 heterocycles. The summed E-state index contributed by atoms with van der Waals surface area (Å²) in [4.78, 5) is 11.0. The fraction of sp³-hybridized carbons (Fsp3) is 0.250. The molecule has 22 heavy (non-hydrogen) atoms. The monoisotopic (exact) mass is 314 g/mol. The van der Waals surface area contributed by atoms with E-state index in [4.69, 9.17) is 10.5 Å². The molecule has 2 aromatic heterocycles. The Hall–Kier alpha value is -2.02. The fourth-order valence-corrected chi connectivity index (χ4v) is 3.15. The van der Waals surface area contributed by atoms with Gasteiger partial charge in [0.2, 0.25) is 0 Å². The van der Waals surface area contributed by atoms with E-state index in [1.807, 2.05) is 6.07 Å². The molecule has 0 aliphatic heterocycles. The van der Waals surface area contributed by atoms with E-state index in [9.17, 15) is 0 Å². The number of nitrogens with two attached hydrogens (primary N) is 1. The third-order valence-corrected chi connectivity index (χ3v) is 4.54. The summed E-state index contributed by atoms with van der Waals surface area (Å²) in [5.74, 6) is 0.833. The molecule has 0 saturated carbocycles. The number of nitrogens with zero attached hydrogens (tertiary/aromatic N) is 2. The zero-order chi connectivity index (χ0) is 15.4. The predicted molar refractivity (Wildman–Crippen MR) is 91.1 cm³/mol. The molecular formula is C16H18N4OS. The summed E-state index contributed by atoms with van der Waals surface area (Å²) < 4.78 is 5.07. The molecule has 0 bridgehead atoms. The minimum absolute atomic E-state index is 0.575. The summed E-state index contributed by atoms with van der Waals surface area (Å²) in [6.07, 6.45) is 1.58. The molecule has 0 unspecified atom stereocenters. The van der Waals surface area contributed by atoms with E-state index < -0.39 is 0 Å². The highest BCUT2D eigenvalue weighted by atomic mass is 32.1. The standard InChI is InChI=1S/C16H18N4OS/c1-21-7-6-18-16-13-8-11(2-4-14(13)19-10-20-16)15-5-3-12(9-17)22-15/h2-5,8,10H,6-7,9,17H2,1H3,(H,18,19,20). The number of aromatic nitrogens is 2. The topological polar surface area (TPSA) is 73.1 Å². The Kier molecular flexibility index (Phi) is 4.62. The fourth-order valence-electron chi connectivity index (χ4n) is 2.27. The molecule has 0 aliphatic rings. The molecule has 114 valence electrons. The Labute approximate surface area is 133 Å². The molecular weight excluding hydrogens is 296 g/mol. The minimum Gasteiger partial charge on any atom is -0.383 e. The van der Waals surface area contributed by atoms with Gasteiger partial charge >= 0.3 is 0 Å². The lowest BCUT2D eigenvalue weighted by Gasteiger charge is -2.08. The first-order valence-electron chi connectivity index (χ1n) is 7.08. The van der Waals surface area contributed by atoms with Crippen LogP contribution < -0.4 is 11.1 Å². The molecule has 0 atom stereocenters. The molecule has 3 aromatic rings. The van der Waals surface area contributed by atoms with Crippen molar-refractivity contribution in [3.8, 4) is 10.4 Å². The van der Waals surface area contributed by atoms with Crippen molar-refractivity contribution in [3.05, 3.63) is 41.5 Å². The number of hydrogen-bond acceptors (Lipinski definition) is 6. The van der Waals surface area contributed by atoms with Gasteiger partial charge in [0, 0.05) is 35.3 Å². The van der Waals surface area contributed by atoms with Crippen LogP contribution in [0.25, 0.3) is 21.3 Å². The van der Waals surface area contributed by atoms with E-state index in [-0.39, 0.29) is 0 Å². The molecule has 0 radical (unpaired) electrons. The molecule has 0 amide bonds. The first-order chi connectivity index (χ1) is 10.8. The van der Waals surface area contributed by atoms with E-state index >= 15 is 0 Å². The van der Waals surface area contributed by atoms with Crippen LogP contribution in [-0.2, 0) is 11.3 Å². The van der Waals surface area contributed by atoms with Gasteiger partial charge in [-0.3, -0.25) is 0 Å². The number of anilines is 1. The Balaban J connectivity index is 1.98. The van der Waals surface area contributed by atoms with Crippen molar-refractivity contribution in [3.63, 3.8) is 0 Å². The molecule has 1 aromatic carbocycles. The second-order valence-electron chi connectivity index (χ2n) is 4.84. The Morgan fingerprint density at radius 3 is 2.91 bits per heavy atom. The quantitative estimate of drug-likeness (QED) is 0.684. The van der Waals surface area contributed by atoms with Crippen LogP contribution in [0.5, 0.6) is 0 Å². The summed E-state index contributed by atoms with van der Waals surface area (Å²) in [5.41, 5.74) is 7.77. The van der Waals surface area contributed by atoms with E-state index in [0.717, 1.165) is 22.3 Å². The van der Waals surface area contributed by atoms with Gasteiger partial charge in [-0.15, -0.1) is 11.3 Å². The SMILES string of the molecule is COCCNc1ncnc2ccc(-c3ccc(CN)s3)cc12. The van der Waals surface area contributed by atoms with E-state index in [1.165, 1.54) is 9.75 Å². The van der Waals surface area contributed by atoms with E-state index in [1.54, 1.807) is 24.8 Å². The van der Waals surface area contributed by atoms with Crippen LogP contribution in [0.3, 0.4) is 0 Å². The van der Waals surface area contributed by atoms with Gasteiger partial charge in [0.1, 0.15) is 12.1 Å². The maximum atomic E-state index is 5.69. The maximum Gasteiger partial charge on any atom is 0.137 e.